The molecule has 106 valence electrons. The van der Waals surface area contributed by atoms with Gasteiger partial charge in [-0.25, -0.2) is 8.42 Å². The maximum absolute atomic E-state index is 11.8. The molecule has 2 unspecified atom stereocenters. The number of thioether (sulfide) groups is 1. The Hall–Kier alpha value is -0.520. The molecule has 2 atom stereocenters. The molecule has 1 aromatic rings. The highest BCUT2D eigenvalue weighted by Gasteiger charge is 2.31. The minimum absolute atomic E-state index is 0.187. The van der Waals surface area contributed by atoms with Crippen LogP contribution in [0.5, 0.6) is 0 Å². The first-order valence-corrected chi connectivity index (χ1v) is 9.56. The lowest BCUT2D eigenvalue weighted by atomic mass is 10.1. The summed E-state index contributed by atoms with van der Waals surface area (Å²) in [6, 6.07) is 8.60. The maximum atomic E-state index is 11.8. The Morgan fingerprint density at radius 1 is 1.37 bits per heavy atom. The first-order valence-electron chi connectivity index (χ1n) is 6.62. The fourth-order valence-corrected chi connectivity index (χ4v) is 4.59. The summed E-state index contributed by atoms with van der Waals surface area (Å²) in [5.41, 5.74) is 1.20. The first-order chi connectivity index (χ1) is 9.03. The van der Waals surface area contributed by atoms with Crippen molar-refractivity contribution in [2.24, 2.45) is 0 Å². The molecule has 0 spiro atoms. The minimum atomic E-state index is -2.84. The van der Waals surface area contributed by atoms with E-state index in [1.54, 1.807) is 11.8 Å². The Morgan fingerprint density at radius 3 is 2.58 bits per heavy atom. The lowest BCUT2D eigenvalue weighted by Gasteiger charge is -2.17. The summed E-state index contributed by atoms with van der Waals surface area (Å²) in [5, 5.41) is 3.15. The molecule has 1 aromatic carbocycles. The molecular weight excluding hydrogens is 278 g/mol. The highest BCUT2D eigenvalue weighted by atomic mass is 32.2. The van der Waals surface area contributed by atoms with Crippen LogP contribution in [0.4, 0.5) is 0 Å². The Bertz CT molecular complexity index is 511. The van der Waals surface area contributed by atoms with Crippen LogP contribution < -0.4 is 5.32 Å². The molecule has 0 saturated carbocycles. The van der Waals surface area contributed by atoms with Gasteiger partial charge in [-0.2, -0.15) is 0 Å². The fourth-order valence-electron chi connectivity index (χ4n) is 2.41. The van der Waals surface area contributed by atoms with Gasteiger partial charge in [0.15, 0.2) is 9.84 Å². The summed E-state index contributed by atoms with van der Waals surface area (Å²) >= 11 is 1.72. The molecule has 1 aliphatic rings. The zero-order valence-electron chi connectivity index (χ0n) is 11.4. The summed E-state index contributed by atoms with van der Waals surface area (Å²) in [4.78, 5) is 1.24. The number of hydrogen-bond acceptors (Lipinski definition) is 4. The molecule has 1 N–H and O–H groups in total. The van der Waals surface area contributed by atoms with E-state index in [4.69, 9.17) is 0 Å². The molecular formula is C14H21NO2S2. The van der Waals surface area contributed by atoms with E-state index in [2.05, 4.69) is 42.8 Å². The van der Waals surface area contributed by atoms with Gasteiger partial charge in [0.25, 0.3) is 0 Å². The van der Waals surface area contributed by atoms with Crippen LogP contribution in [0.2, 0.25) is 0 Å². The van der Waals surface area contributed by atoms with Gasteiger partial charge in [0.1, 0.15) is 0 Å². The molecule has 0 bridgehead atoms. The molecule has 1 saturated heterocycles. The van der Waals surface area contributed by atoms with E-state index < -0.39 is 9.84 Å². The Morgan fingerprint density at radius 2 is 2.05 bits per heavy atom. The molecule has 3 nitrogen and oxygen atoms in total. The predicted molar refractivity (Wildman–Crippen MR) is 81.4 cm³/mol. The van der Waals surface area contributed by atoms with E-state index in [-0.39, 0.29) is 11.3 Å². The molecule has 1 heterocycles. The van der Waals surface area contributed by atoms with Crippen molar-refractivity contribution >= 4 is 21.6 Å². The highest BCUT2D eigenvalue weighted by molar-refractivity contribution is 7.98. The van der Waals surface area contributed by atoms with Crippen molar-refractivity contribution in [3.05, 3.63) is 29.8 Å². The predicted octanol–water partition coefficient (Wildman–Crippen LogP) is 2.64. The molecule has 1 aliphatic heterocycles. The largest absolute Gasteiger partial charge is 0.309 e. The number of sulfone groups is 1. The van der Waals surface area contributed by atoms with E-state index in [1.165, 1.54) is 10.5 Å². The van der Waals surface area contributed by atoms with Gasteiger partial charge in [0.05, 0.1) is 11.0 Å². The summed E-state index contributed by atoms with van der Waals surface area (Å²) < 4.78 is 23.5. The van der Waals surface area contributed by atoms with Crippen molar-refractivity contribution in [2.75, 3.05) is 18.6 Å². The first kappa shape index (κ1) is 14.9. The van der Waals surface area contributed by atoms with Crippen molar-refractivity contribution in [1.82, 2.24) is 5.32 Å². The van der Waals surface area contributed by atoms with Crippen LogP contribution in [0, 0.1) is 0 Å². The van der Waals surface area contributed by atoms with Gasteiger partial charge in [-0.1, -0.05) is 12.1 Å². The molecule has 1 fully saturated rings. The molecule has 0 amide bonds. The van der Waals surface area contributed by atoms with Crippen LogP contribution in [0.1, 0.15) is 31.4 Å². The third-order valence-electron chi connectivity index (χ3n) is 3.73. The second kappa shape index (κ2) is 6.29. The average molecular weight is 299 g/mol. The van der Waals surface area contributed by atoms with E-state index >= 15 is 0 Å². The van der Waals surface area contributed by atoms with Gasteiger partial charge in [0.2, 0.25) is 0 Å². The molecule has 5 heteroatoms. The maximum Gasteiger partial charge on any atom is 0.154 e. The van der Waals surface area contributed by atoms with E-state index in [0.717, 1.165) is 12.8 Å². The average Bonchev–Trinajstić information content (AvgIpc) is 2.75. The van der Waals surface area contributed by atoms with Gasteiger partial charge in [-0.3, -0.25) is 0 Å². The molecule has 2 rings (SSSR count). The third-order valence-corrected chi connectivity index (χ3v) is 6.75. The SMILES string of the molecule is CSc1ccc(C(C)NCC2CCCS2(=O)=O)cc1. The van der Waals surface area contributed by atoms with Gasteiger partial charge in [0, 0.05) is 17.5 Å². The van der Waals surface area contributed by atoms with E-state index in [0.29, 0.717) is 12.3 Å². The van der Waals surface area contributed by atoms with Crippen molar-refractivity contribution in [1.29, 1.82) is 0 Å². The summed E-state index contributed by atoms with van der Waals surface area (Å²) in [6.07, 6.45) is 3.67. The van der Waals surface area contributed by atoms with Crippen LogP contribution in [-0.4, -0.2) is 32.2 Å². The van der Waals surface area contributed by atoms with Crippen molar-refractivity contribution < 1.29 is 8.42 Å². The van der Waals surface area contributed by atoms with Crippen LogP contribution in [0.3, 0.4) is 0 Å². The van der Waals surface area contributed by atoms with Gasteiger partial charge >= 0.3 is 0 Å². The number of hydrogen-bond donors (Lipinski definition) is 1. The molecule has 0 aliphatic carbocycles. The van der Waals surface area contributed by atoms with Crippen molar-refractivity contribution in [3.63, 3.8) is 0 Å². The Labute approximate surface area is 120 Å². The minimum Gasteiger partial charge on any atom is -0.309 e. The monoisotopic (exact) mass is 299 g/mol. The van der Waals surface area contributed by atoms with Gasteiger partial charge in [-0.15, -0.1) is 11.8 Å². The lowest BCUT2D eigenvalue weighted by molar-refractivity contribution is 0.538. The fraction of sp³-hybridized carbons (Fsp3) is 0.571. The zero-order chi connectivity index (χ0) is 13.9. The van der Waals surface area contributed by atoms with Crippen molar-refractivity contribution in [3.8, 4) is 0 Å². The van der Waals surface area contributed by atoms with Crippen LogP contribution in [0.15, 0.2) is 29.2 Å². The van der Waals surface area contributed by atoms with Crippen molar-refractivity contribution in [2.45, 2.75) is 36.0 Å². The topological polar surface area (TPSA) is 46.2 Å². The number of nitrogens with one attached hydrogen (secondary N) is 1. The third kappa shape index (κ3) is 3.74. The second-order valence-corrected chi connectivity index (χ2v) is 8.31. The lowest BCUT2D eigenvalue weighted by Crippen LogP contribution is -2.32. The summed E-state index contributed by atoms with van der Waals surface area (Å²) in [6.45, 7) is 2.64. The highest BCUT2D eigenvalue weighted by Crippen LogP contribution is 2.22. The Balaban J connectivity index is 1.92. The van der Waals surface area contributed by atoms with Gasteiger partial charge in [-0.05, 0) is 43.7 Å². The van der Waals surface area contributed by atoms with Crippen LogP contribution >= 0.6 is 11.8 Å². The Kier molecular flexibility index (Phi) is 4.92. The smallest absolute Gasteiger partial charge is 0.154 e. The number of benzene rings is 1. The molecule has 0 radical (unpaired) electrons. The molecule has 0 aromatic heterocycles. The van der Waals surface area contributed by atoms with Gasteiger partial charge < -0.3 is 5.32 Å². The summed E-state index contributed by atoms with van der Waals surface area (Å²) in [5.74, 6) is 0.357. The second-order valence-electron chi connectivity index (χ2n) is 5.03. The number of rotatable bonds is 5. The quantitative estimate of drug-likeness (QED) is 0.849. The standard InChI is InChI=1S/C14H21NO2S2/c1-11(12-5-7-13(18-2)8-6-12)15-10-14-4-3-9-19(14,16)17/h5-8,11,14-15H,3-4,9-10H2,1-2H3. The van der Waals surface area contributed by atoms with Crippen LogP contribution in [-0.2, 0) is 9.84 Å². The van der Waals surface area contributed by atoms with E-state index in [9.17, 15) is 8.42 Å². The zero-order valence-corrected chi connectivity index (χ0v) is 13.1. The normalized spacial score (nSPS) is 23.4. The van der Waals surface area contributed by atoms with Crippen LogP contribution in [0.25, 0.3) is 0 Å². The summed E-state index contributed by atoms with van der Waals surface area (Å²) in [7, 11) is -2.84. The molecule has 19 heavy (non-hydrogen) atoms. The van der Waals surface area contributed by atoms with E-state index in [1.807, 2.05) is 0 Å².